The largest absolute Gasteiger partial charge is 0.309 e. The summed E-state index contributed by atoms with van der Waals surface area (Å²) in [6, 6.07) is 42.6. The minimum atomic E-state index is -2.18. The smallest absolute Gasteiger partial charge is 0.187 e. The molecule has 0 N–H and O–H groups in total. The van der Waals surface area contributed by atoms with Crippen molar-refractivity contribution in [3.8, 4) is 28.3 Å². The van der Waals surface area contributed by atoms with Gasteiger partial charge in [-0.15, -0.1) is 0 Å². The predicted molar refractivity (Wildman–Crippen MR) is 178 cm³/mol. The van der Waals surface area contributed by atoms with Crippen LogP contribution in [0.15, 0.2) is 115 Å². The lowest BCUT2D eigenvalue weighted by Gasteiger charge is -2.49. The third-order valence-electron chi connectivity index (χ3n) is 8.89. The van der Waals surface area contributed by atoms with Crippen LogP contribution in [0.1, 0.15) is 33.3 Å². The molecule has 0 radical (unpaired) electrons. The molecule has 3 nitrogen and oxygen atoms in total. The van der Waals surface area contributed by atoms with Crippen molar-refractivity contribution in [2.75, 3.05) is 4.90 Å². The highest BCUT2D eigenvalue weighted by molar-refractivity contribution is 7.06. The molecular formula is C38H33N3Si. The average Bonchev–Trinajstić information content (AvgIpc) is 3.03. The summed E-state index contributed by atoms with van der Waals surface area (Å²) in [6.45, 7) is 17.1. The quantitative estimate of drug-likeness (QED) is 0.159. The van der Waals surface area contributed by atoms with Crippen molar-refractivity contribution in [3.63, 3.8) is 0 Å². The minimum Gasteiger partial charge on any atom is -0.309 e. The first-order valence-electron chi connectivity index (χ1n) is 14.5. The van der Waals surface area contributed by atoms with Crippen molar-refractivity contribution < 1.29 is 0 Å². The normalized spacial score (nSPS) is 13.3. The van der Waals surface area contributed by atoms with Gasteiger partial charge in [-0.25, -0.2) is 4.85 Å². The van der Waals surface area contributed by atoms with Crippen molar-refractivity contribution in [1.82, 2.24) is 0 Å². The van der Waals surface area contributed by atoms with E-state index in [-0.39, 0.29) is 0 Å². The Bertz CT molecular complexity index is 1720. The maximum atomic E-state index is 9.47. The summed E-state index contributed by atoms with van der Waals surface area (Å²) in [7, 11) is -2.18. The second-order valence-electron chi connectivity index (χ2n) is 11.6. The first-order valence-corrected chi connectivity index (χ1v) is 16.7. The van der Waals surface area contributed by atoms with Crippen LogP contribution in [0.4, 0.5) is 22.7 Å². The van der Waals surface area contributed by atoms with Gasteiger partial charge in [0.25, 0.3) is 0 Å². The Morgan fingerprint density at radius 2 is 1.12 bits per heavy atom. The Kier molecular flexibility index (Phi) is 7.03. The second-order valence-corrected chi connectivity index (χ2v) is 16.7. The van der Waals surface area contributed by atoms with Gasteiger partial charge < -0.3 is 4.90 Å². The molecule has 6 rings (SSSR count). The van der Waals surface area contributed by atoms with Gasteiger partial charge in [0.1, 0.15) is 8.07 Å². The van der Waals surface area contributed by atoms with E-state index in [1.165, 1.54) is 21.7 Å². The van der Waals surface area contributed by atoms with Crippen molar-refractivity contribution in [1.29, 1.82) is 5.26 Å². The average molecular weight is 560 g/mol. The molecule has 0 aromatic heterocycles. The van der Waals surface area contributed by atoms with Crippen LogP contribution in [-0.2, 0) is 0 Å². The summed E-state index contributed by atoms with van der Waals surface area (Å²) >= 11 is 0. The summed E-state index contributed by atoms with van der Waals surface area (Å²) in [5, 5.41) is 12.4. The Balaban J connectivity index is 1.73. The molecule has 0 unspecified atom stereocenters. The summed E-state index contributed by atoms with van der Waals surface area (Å²) in [4.78, 5) is 6.10. The Labute approximate surface area is 250 Å². The molecule has 42 heavy (non-hydrogen) atoms. The predicted octanol–water partition coefficient (Wildman–Crippen LogP) is 9.61. The van der Waals surface area contributed by atoms with Gasteiger partial charge in [-0.1, -0.05) is 119 Å². The molecule has 0 amide bonds. The van der Waals surface area contributed by atoms with E-state index < -0.39 is 8.07 Å². The first-order chi connectivity index (χ1) is 20.4. The molecule has 0 bridgehead atoms. The lowest BCUT2D eigenvalue weighted by molar-refractivity contribution is 0.925. The van der Waals surface area contributed by atoms with E-state index >= 15 is 0 Å². The molecule has 1 aliphatic rings. The molecule has 1 aliphatic heterocycles. The Hall–Kier alpha value is -4.90. The van der Waals surface area contributed by atoms with E-state index in [4.69, 9.17) is 6.57 Å². The number of anilines is 3. The van der Waals surface area contributed by atoms with Crippen molar-refractivity contribution in [2.24, 2.45) is 0 Å². The number of fused-ring (bicyclic) bond motifs is 2. The maximum Gasteiger partial charge on any atom is 0.187 e. The van der Waals surface area contributed by atoms with Crippen LogP contribution in [-0.4, -0.2) is 8.07 Å². The fourth-order valence-electron chi connectivity index (χ4n) is 7.15. The summed E-state index contributed by atoms with van der Waals surface area (Å²) in [5.41, 5.74) is 10.2. The summed E-state index contributed by atoms with van der Waals surface area (Å²) in [6.07, 6.45) is 0. The number of para-hydroxylation sites is 3. The minimum absolute atomic E-state index is 0.511. The molecule has 4 heteroatoms. The highest BCUT2D eigenvalue weighted by Gasteiger charge is 2.50. The first kappa shape index (κ1) is 27.3. The SMILES string of the molecule is [C-]#[N+]c1ccc(-c2cccc(-c3ccc(C#N)cc3)c2N2c3ccccc3[Si](C(C)C)(C(C)C)c3ccccc32)cc1. The van der Waals surface area contributed by atoms with Gasteiger partial charge in [0.15, 0.2) is 5.69 Å². The van der Waals surface area contributed by atoms with Crippen LogP contribution in [0.5, 0.6) is 0 Å². The van der Waals surface area contributed by atoms with Crippen LogP contribution >= 0.6 is 0 Å². The standard InChI is InChI=1S/C38H33N3Si/c1-26(2)42(27(3)4)36-15-8-6-13-34(36)41(35-14-7-9-16-37(35)42)38-32(29-19-17-28(25-39)18-20-29)11-10-12-33(38)30-21-23-31(40-5)24-22-30/h6-24,26-27H,1-4H3. The highest BCUT2D eigenvalue weighted by Crippen LogP contribution is 2.50. The van der Waals surface area contributed by atoms with Crippen molar-refractivity contribution in [3.05, 3.63) is 132 Å². The number of nitrogens with zero attached hydrogens (tertiary/aromatic N) is 3. The number of hydrogen-bond acceptors (Lipinski definition) is 2. The van der Waals surface area contributed by atoms with Crippen LogP contribution in [0.3, 0.4) is 0 Å². The van der Waals surface area contributed by atoms with Gasteiger partial charge in [0, 0.05) is 22.5 Å². The number of rotatable bonds is 5. The maximum absolute atomic E-state index is 9.47. The van der Waals surface area contributed by atoms with E-state index in [0.717, 1.165) is 27.9 Å². The molecule has 0 saturated heterocycles. The second kappa shape index (κ2) is 10.8. The van der Waals surface area contributed by atoms with Crippen molar-refractivity contribution in [2.45, 2.75) is 38.8 Å². The molecule has 204 valence electrons. The fourth-order valence-corrected chi connectivity index (χ4v) is 13.2. The molecule has 1 heterocycles. The molecule has 5 aromatic carbocycles. The van der Waals surface area contributed by atoms with Crippen molar-refractivity contribution >= 4 is 41.2 Å². The zero-order chi connectivity index (χ0) is 29.4. The molecule has 0 aliphatic carbocycles. The molecule has 5 aromatic rings. The summed E-state index contributed by atoms with van der Waals surface area (Å²) < 4.78 is 0. The van der Waals surface area contributed by atoms with E-state index in [9.17, 15) is 5.26 Å². The monoisotopic (exact) mass is 559 g/mol. The molecular weight excluding hydrogens is 527 g/mol. The van der Waals surface area contributed by atoms with Crippen LogP contribution in [0, 0.1) is 17.9 Å². The fraction of sp³-hybridized carbons (Fsp3) is 0.158. The lowest BCUT2D eigenvalue weighted by atomic mass is 9.93. The molecule has 0 saturated carbocycles. The summed E-state index contributed by atoms with van der Waals surface area (Å²) in [5.74, 6) is 0. The molecule has 0 fully saturated rings. The van der Waals surface area contributed by atoms with E-state index in [1.54, 1.807) is 0 Å². The third-order valence-corrected chi connectivity index (χ3v) is 15.2. The zero-order valence-corrected chi connectivity index (χ0v) is 25.5. The number of benzene rings is 5. The molecule has 0 atom stereocenters. The van der Waals surface area contributed by atoms with Crippen LogP contribution in [0.2, 0.25) is 11.1 Å². The zero-order valence-electron chi connectivity index (χ0n) is 24.5. The number of nitriles is 1. The van der Waals surface area contributed by atoms with Gasteiger partial charge in [0.2, 0.25) is 0 Å². The molecule has 0 spiro atoms. The Morgan fingerprint density at radius 1 is 0.643 bits per heavy atom. The highest BCUT2D eigenvalue weighted by atomic mass is 28.3. The Morgan fingerprint density at radius 3 is 1.57 bits per heavy atom. The third kappa shape index (κ3) is 4.16. The topological polar surface area (TPSA) is 31.4 Å². The van der Waals surface area contributed by atoms with Gasteiger partial charge in [0.05, 0.1) is 23.9 Å². The van der Waals surface area contributed by atoms with E-state index in [1.807, 2.05) is 36.4 Å². The number of hydrogen-bond donors (Lipinski definition) is 0. The van der Waals surface area contributed by atoms with Gasteiger partial charge in [-0.3, -0.25) is 0 Å². The van der Waals surface area contributed by atoms with Gasteiger partial charge >= 0.3 is 0 Å². The van der Waals surface area contributed by atoms with E-state index in [2.05, 4.69) is 122 Å². The van der Waals surface area contributed by atoms with Gasteiger partial charge in [-0.05, 0) is 56.8 Å². The van der Waals surface area contributed by atoms with Crippen LogP contribution in [0.25, 0.3) is 27.1 Å². The van der Waals surface area contributed by atoms with E-state index in [0.29, 0.717) is 22.3 Å². The van der Waals surface area contributed by atoms with Crippen LogP contribution < -0.4 is 15.3 Å². The van der Waals surface area contributed by atoms with Gasteiger partial charge in [-0.2, -0.15) is 5.26 Å². The lowest BCUT2D eigenvalue weighted by Crippen LogP contribution is -2.66.